The van der Waals surface area contributed by atoms with E-state index >= 15 is 0 Å². The van der Waals surface area contributed by atoms with Crippen molar-refractivity contribution in [2.24, 2.45) is 0 Å². The molecule has 0 amide bonds. The minimum absolute atomic E-state index is 0.855. The van der Waals surface area contributed by atoms with Gasteiger partial charge in [-0.3, -0.25) is 4.98 Å². The zero-order valence-electron chi connectivity index (χ0n) is 7.94. The maximum Gasteiger partial charge on any atom is 0.126 e. The Kier molecular flexibility index (Phi) is 2.40. The van der Waals surface area contributed by atoms with Gasteiger partial charge in [-0.2, -0.15) is 0 Å². The Morgan fingerprint density at radius 3 is 2.57 bits per heavy atom. The van der Waals surface area contributed by atoms with Crippen LogP contribution in [0.15, 0.2) is 42.6 Å². The second kappa shape index (κ2) is 3.87. The van der Waals surface area contributed by atoms with Crippen molar-refractivity contribution in [1.82, 2.24) is 9.97 Å². The van der Waals surface area contributed by atoms with Gasteiger partial charge in [-0.1, -0.05) is 12.1 Å². The fourth-order valence-electron chi connectivity index (χ4n) is 1.23. The summed E-state index contributed by atoms with van der Waals surface area (Å²) >= 11 is 0. The highest BCUT2D eigenvalue weighted by atomic mass is 15.0. The predicted molar refractivity (Wildman–Crippen MR) is 57.0 cm³/mol. The molecule has 0 saturated carbocycles. The molecule has 0 aliphatic rings. The van der Waals surface area contributed by atoms with Crippen LogP contribution in [0.1, 0.15) is 0 Å². The van der Waals surface area contributed by atoms with E-state index in [1.165, 1.54) is 0 Å². The lowest BCUT2D eigenvalue weighted by Crippen LogP contribution is -1.93. The van der Waals surface area contributed by atoms with Crippen molar-refractivity contribution in [1.29, 1.82) is 0 Å². The normalized spacial score (nSPS) is 9.79. The summed E-state index contributed by atoms with van der Waals surface area (Å²) in [7, 11) is 1.85. The smallest absolute Gasteiger partial charge is 0.126 e. The predicted octanol–water partition coefficient (Wildman–Crippen LogP) is 2.19. The van der Waals surface area contributed by atoms with Gasteiger partial charge < -0.3 is 5.32 Å². The summed E-state index contributed by atoms with van der Waals surface area (Å²) in [6, 6.07) is 11.6. The topological polar surface area (TPSA) is 37.8 Å². The Balaban J connectivity index is 2.42. The summed E-state index contributed by atoms with van der Waals surface area (Å²) in [5.41, 5.74) is 1.78. The first-order chi connectivity index (χ1) is 6.90. The first kappa shape index (κ1) is 8.69. The number of pyridine rings is 2. The largest absolute Gasteiger partial charge is 0.373 e. The molecule has 0 fully saturated rings. The van der Waals surface area contributed by atoms with Crippen LogP contribution in [-0.4, -0.2) is 17.0 Å². The molecule has 0 unspecified atom stereocenters. The first-order valence-electron chi connectivity index (χ1n) is 4.46. The summed E-state index contributed by atoms with van der Waals surface area (Å²) in [6.45, 7) is 0. The third-order valence-corrected chi connectivity index (χ3v) is 1.93. The standard InChI is InChI=1S/C11H11N3/c1-12-11-7-4-6-10(14-11)9-5-2-3-8-13-9/h2-8H,1H3,(H,12,14). The van der Waals surface area contributed by atoms with E-state index < -0.39 is 0 Å². The number of anilines is 1. The Morgan fingerprint density at radius 1 is 1.00 bits per heavy atom. The van der Waals surface area contributed by atoms with Gasteiger partial charge in [0.05, 0.1) is 11.4 Å². The Morgan fingerprint density at radius 2 is 1.86 bits per heavy atom. The molecule has 0 aliphatic carbocycles. The van der Waals surface area contributed by atoms with Gasteiger partial charge in [0.2, 0.25) is 0 Å². The SMILES string of the molecule is CNc1cccc(-c2ccccn2)n1. The molecule has 3 nitrogen and oxygen atoms in total. The number of nitrogens with one attached hydrogen (secondary N) is 1. The summed E-state index contributed by atoms with van der Waals surface area (Å²) < 4.78 is 0. The van der Waals surface area contributed by atoms with Crippen molar-refractivity contribution in [3.05, 3.63) is 42.6 Å². The van der Waals surface area contributed by atoms with Crippen LogP contribution in [0.2, 0.25) is 0 Å². The number of hydrogen-bond acceptors (Lipinski definition) is 3. The molecule has 14 heavy (non-hydrogen) atoms. The molecule has 2 aromatic heterocycles. The van der Waals surface area contributed by atoms with Gasteiger partial charge >= 0.3 is 0 Å². The van der Waals surface area contributed by atoms with Crippen LogP contribution in [0.5, 0.6) is 0 Å². The summed E-state index contributed by atoms with van der Waals surface area (Å²) in [6.07, 6.45) is 1.77. The van der Waals surface area contributed by atoms with Gasteiger partial charge in [0.25, 0.3) is 0 Å². The molecule has 1 N–H and O–H groups in total. The number of hydrogen-bond donors (Lipinski definition) is 1. The van der Waals surface area contributed by atoms with Gasteiger partial charge in [-0.25, -0.2) is 4.98 Å². The van der Waals surface area contributed by atoms with Gasteiger partial charge in [0.1, 0.15) is 5.82 Å². The second-order valence-electron chi connectivity index (χ2n) is 2.87. The molecule has 3 heteroatoms. The van der Waals surface area contributed by atoms with Crippen LogP contribution in [0.25, 0.3) is 11.4 Å². The highest BCUT2D eigenvalue weighted by Crippen LogP contribution is 2.15. The molecule has 2 aromatic rings. The summed E-state index contributed by atoms with van der Waals surface area (Å²) in [5, 5.41) is 3.00. The van der Waals surface area contributed by atoms with E-state index in [0.29, 0.717) is 0 Å². The van der Waals surface area contributed by atoms with Crippen molar-refractivity contribution in [2.75, 3.05) is 12.4 Å². The van der Waals surface area contributed by atoms with Gasteiger partial charge in [-0.15, -0.1) is 0 Å². The van der Waals surface area contributed by atoms with Crippen molar-refractivity contribution in [3.63, 3.8) is 0 Å². The highest BCUT2D eigenvalue weighted by molar-refractivity contribution is 5.56. The van der Waals surface area contributed by atoms with E-state index in [0.717, 1.165) is 17.2 Å². The van der Waals surface area contributed by atoms with Crippen LogP contribution >= 0.6 is 0 Å². The fourth-order valence-corrected chi connectivity index (χ4v) is 1.23. The lowest BCUT2D eigenvalue weighted by atomic mass is 10.2. The maximum absolute atomic E-state index is 4.39. The maximum atomic E-state index is 4.39. The quantitative estimate of drug-likeness (QED) is 0.779. The Bertz CT molecular complexity index is 412. The van der Waals surface area contributed by atoms with Gasteiger partial charge in [0, 0.05) is 13.2 Å². The average molecular weight is 185 g/mol. The minimum atomic E-state index is 0.855. The van der Waals surface area contributed by atoms with Crippen molar-refractivity contribution in [2.45, 2.75) is 0 Å². The van der Waals surface area contributed by atoms with E-state index in [1.807, 2.05) is 43.4 Å². The lowest BCUT2D eigenvalue weighted by molar-refractivity contribution is 1.23. The first-order valence-corrected chi connectivity index (χ1v) is 4.46. The molecule has 2 rings (SSSR count). The summed E-state index contributed by atoms with van der Waals surface area (Å²) in [5.74, 6) is 0.855. The molecule has 0 spiro atoms. The summed E-state index contributed by atoms with van der Waals surface area (Å²) in [4.78, 5) is 8.62. The third-order valence-electron chi connectivity index (χ3n) is 1.93. The van der Waals surface area contributed by atoms with Crippen molar-refractivity contribution in [3.8, 4) is 11.4 Å². The Labute approximate surface area is 82.8 Å². The Hall–Kier alpha value is -1.90. The van der Waals surface area contributed by atoms with E-state index in [2.05, 4.69) is 15.3 Å². The number of nitrogens with zero attached hydrogens (tertiary/aromatic N) is 2. The van der Waals surface area contributed by atoms with E-state index in [1.54, 1.807) is 6.20 Å². The van der Waals surface area contributed by atoms with Crippen LogP contribution in [0.4, 0.5) is 5.82 Å². The molecule has 0 saturated heterocycles. The highest BCUT2D eigenvalue weighted by Gasteiger charge is 1.99. The molecular weight excluding hydrogens is 174 g/mol. The molecule has 2 heterocycles. The lowest BCUT2D eigenvalue weighted by Gasteiger charge is -2.02. The minimum Gasteiger partial charge on any atom is -0.373 e. The molecular formula is C11H11N3. The fraction of sp³-hybridized carbons (Fsp3) is 0.0909. The van der Waals surface area contributed by atoms with Crippen LogP contribution in [-0.2, 0) is 0 Å². The molecule has 0 aliphatic heterocycles. The van der Waals surface area contributed by atoms with Crippen LogP contribution in [0.3, 0.4) is 0 Å². The van der Waals surface area contributed by atoms with Crippen LogP contribution in [0, 0.1) is 0 Å². The third kappa shape index (κ3) is 1.71. The van der Waals surface area contributed by atoms with Crippen LogP contribution < -0.4 is 5.32 Å². The zero-order chi connectivity index (χ0) is 9.80. The van der Waals surface area contributed by atoms with E-state index in [4.69, 9.17) is 0 Å². The van der Waals surface area contributed by atoms with Crippen molar-refractivity contribution >= 4 is 5.82 Å². The molecule has 0 aromatic carbocycles. The van der Waals surface area contributed by atoms with E-state index in [9.17, 15) is 0 Å². The molecule has 0 radical (unpaired) electrons. The monoisotopic (exact) mass is 185 g/mol. The second-order valence-corrected chi connectivity index (χ2v) is 2.87. The average Bonchev–Trinajstić information content (AvgIpc) is 2.30. The molecule has 70 valence electrons. The van der Waals surface area contributed by atoms with Gasteiger partial charge in [0.15, 0.2) is 0 Å². The van der Waals surface area contributed by atoms with Gasteiger partial charge in [-0.05, 0) is 24.3 Å². The van der Waals surface area contributed by atoms with Crippen molar-refractivity contribution < 1.29 is 0 Å². The number of rotatable bonds is 2. The molecule has 0 bridgehead atoms. The zero-order valence-corrected chi connectivity index (χ0v) is 7.94. The number of aromatic nitrogens is 2. The van der Waals surface area contributed by atoms with E-state index in [-0.39, 0.29) is 0 Å². The molecule has 0 atom stereocenters.